The van der Waals surface area contributed by atoms with Crippen LogP contribution < -0.4 is 0 Å². The van der Waals surface area contributed by atoms with E-state index >= 15 is 0 Å². The predicted molar refractivity (Wildman–Crippen MR) is 114 cm³/mol. The maximum absolute atomic E-state index is 13.5. The van der Waals surface area contributed by atoms with Gasteiger partial charge in [-0.15, -0.1) is 0 Å². The van der Waals surface area contributed by atoms with E-state index < -0.39 is 0 Å². The maximum atomic E-state index is 13.5. The van der Waals surface area contributed by atoms with Gasteiger partial charge in [0.25, 0.3) is 0 Å². The third-order valence-corrected chi connectivity index (χ3v) is 9.60. The normalized spacial score (nSPS) is 45.7. The molecule has 0 amide bonds. The van der Waals surface area contributed by atoms with E-state index in [2.05, 4.69) is 31.9 Å². The van der Waals surface area contributed by atoms with E-state index in [0.717, 1.165) is 55.7 Å². The molecule has 1 N–H and O–H groups in total. The molecule has 0 aromatic carbocycles. The molecule has 1 heterocycles. The van der Waals surface area contributed by atoms with Crippen molar-refractivity contribution in [3.05, 3.63) is 23.5 Å². The van der Waals surface area contributed by atoms with Gasteiger partial charge in [0.2, 0.25) is 0 Å². The van der Waals surface area contributed by atoms with Crippen LogP contribution in [0.4, 0.5) is 0 Å². The third kappa shape index (κ3) is 2.89. The highest BCUT2D eigenvalue weighted by molar-refractivity contribution is 6.05. The number of ketones is 1. The Bertz CT molecular complexity index is 842. The summed E-state index contributed by atoms with van der Waals surface area (Å²) in [4.78, 5) is 13.5. The number of carbonyl (C=O) groups excluding carboxylic acids is 1. The van der Waals surface area contributed by atoms with E-state index in [1.807, 2.05) is 17.1 Å². The molecule has 0 unspecified atom stereocenters. The summed E-state index contributed by atoms with van der Waals surface area (Å²) in [5, 5.41) is 14.6. The van der Waals surface area contributed by atoms with Crippen LogP contribution in [0.1, 0.15) is 77.7 Å². The number of Topliss-reactive ketones (excluding diaryl/α,β-unsaturated/α-hetero) is 1. The lowest BCUT2D eigenvalue weighted by Crippen LogP contribution is -2.54. The van der Waals surface area contributed by atoms with Crippen LogP contribution >= 0.6 is 0 Å². The average Bonchev–Trinajstić information content (AvgIpc) is 3.26. The molecule has 4 aliphatic carbocycles. The van der Waals surface area contributed by atoms with Crippen molar-refractivity contribution in [3.63, 3.8) is 0 Å². The topological polar surface area (TPSA) is 55.1 Å². The number of carbonyl (C=O) groups is 1. The van der Waals surface area contributed by atoms with Crippen molar-refractivity contribution in [3.8, 4) is 0 Å². The summed E-state index contributed by atoms with van der Waals surface area (Å²) < 4.78 is 1.93. The number of aromatic nitrogens is 2. The van der Waals surface area contributed by atoms with E-state index in [9.17, 15) is 9.90 Å². The zero-order valence-corrected chi connectivity index (χ0v) is 18.2. The number of hydrogen-bond donors (Lipinski definition) is 1. The molecule has 29 heavy (non-hydrogen) atoms. The largest absolute Gasteiger partial charge is 0.393 e. The van der Waals surface area contributed by atoms with Crippen molar-refractivity contribution in [1.82, 2.24) is 9.78 Å². The number of rotatable bonds is 2. The second-order valence-corrected chi connectivity index (χ2v) is 10.9. The number of aliphatic hydroxyl groups excluding tert-OH is 1. The molecule has 4 saturated carbocycles. The lowest BCUT2D eigenvalue weighted by atomic mass is 9.45. The fourth-order valence-corrected chi connectivity index (χ4v) is 7.86. The van der Waals surface area contributed by atoms with Gasteiger partial charge in [0.05, 0.1) is 12.3 Å². The first-order valence-electron chi connectivity index (χ1n) is 11.8. The van der Waals surface area contributed by atoms with Gasteiger partial charge < -0.3 is 5.11 Å². The number of allylic oxidation sites excluding steroid dienone is 1. The van der Waals surface area contributed by atoms with E-state index in [4.69, 9.17) is 0 Å². The number of hydrogen-bond acceptors (Lipinski definition) is 3. The van der Waals surface area contributed by atoms with Crippen LogP contribution in [0.25, 0.3) is 6.08 Å². The van der Waals surface area contributed by atoms with Gasteiger partial charge in [0, 0.05) is 23.7 Å². The molecule has 1 aromatic rings. The Morgan fingerprint density at radius 3 is 2.79 bits per heavy atom. The van der Waals surface area contributed by atoms with Gasteiger partial charge >= 0.3 is 0 Å². The highest BCUT2D eigenvalue weighted by Crippen LogP contribution is 2.66. The van der Waals surface area contributed by atoms with Crippen molar-refractivity contribution in [2.45, 2.75) is 84.8 Å². The first-order valence-corrected chi connectivity index (χ1v) is 11.8. The molecule has 158 valence electrons. The Morgan fingerprint density at radius 1 is 1.21 bits per heavy atom. The Balaban J connectivity index is 1.43. The summed E-state index contributed by atoms with van der Waals surface area (Å²) in [6, 6.07) is 0. The van der Waals surface area contributed by atoms with Crippen molar-refractivity contribution in [2.24, 2.45) is 34.5 Å². The summed E-state index contributed by atoms with van der Waals surface area (Å²) in [6.45, 7) is 7.71. The average molecular weight is 397 g/mol. The number of nitrogens with zero attached hydrogens (tertiary/aromatic N) is 2. The van der Waals surface area contributed by atoms with Crippen LogP contribution in [-0.4, -0.2) is 26.8 Å². The van der Waals surface area contributed by atoms with Crippen molar-refractivity contribution >= 4 is 11.9 Å². The monoisotopic (exact) mass is 396 g/mol. The molecule has 5 rings (SSSR count). The molecule has 1 aromatic heterocycles. The molecule has 4 heteroatoms. The van der Waals surface area contributed by atoms with Gasteiger partial charge in [-0.1, -0.05) is 13.8 Å². The molecular weight excluding hydrogens is 360 g/mol. The van der Waals surface area contributed by atoms with E-state index in [0.29, 0.717) is 29.0 Å². The Labute approximate surface area is 174 Å². The fraction of sp³-hybridized carbons (Fsp3) is 0.760. The molecule has 4 aliphatic rings. The Morgan fingerprint density at radius 2 is 2.03 bits per heavy atom. The fourth-order valence-electron chi connectivity index (χ4n) is 7.86. The Kier molecular flexibility index (Phi) is 4.58. The quantitative estimate of drug-likeness (QED) is 0.726. The van der Waals surface area contributed by atoms with Gasteiger partial charge in [-0.2, -0.15) is 5.10 Å². The SMILES string of the molecule is CCn1cc(/C=C2/C[C@H]3[C@@H]4CC[C@@H]5C[C@H](O)CC[C@]5(C)[C@H]4CC[C@]3(C)C2=O)cn1. The van der Waals surface area contributed by atoms with Gasteiger partial charge in [-0.05, 0) is 99.0 Å². The molecule has 0 radical (unpaired) electrons. The second kappa shape index (κ2) is 6.80. The predicted octanol–water partition coefficient (Wildman–Crippen LogP) is 4.87. The zero-order valence-electron chi connectivity index (χ0n) is 18.2. The van der Waals surface area contributed by atoms with Gasteiger partial charge in [0.15, 0.2) is 5.78 Å². The van der Waals surface area contributed by atoms with Gasteiger partial charge in [-0.25, -0.2) is 0 Å². The van der Waals surface area contributed by atoms with Gasteiger partial charge in [0.1, 0.15) is 0 Å². The molecule has 4 nitrogen and oxygen atoms in total. The lowest BCUT2D eigenvalue weighted by molar-refractivity contribution is -0.141. The molecule has 0 bridgehead atoms. The smallest absolute Gasteiger partial charge is 0.165 e. The maximum Gasteiger partial charge on any atom is 0.165 e. The standard InChI is InChI=1S/C25H36N2O2/c1-4-27-15-16(14-26-27)11-17-12-22-20-6-5-18-13-19(28)7-9-24(18,2)21(20)8-10-25(22,3)23(17)29/h11,14-15,18-22,28H,4-10,12-13H2,1-3H3/b17-11-/t18-,19-,20-,21+,22+,24+,25+/m1/s1. The van der Waals surface area contributed by atoms with Crippen molar-refractivity contribution in [2.75, 3.05) is 0 Å². The van der Waals surface area contributed by atoms with E-state index in [1.54, 1.807) is 0 Å². The number of fused-ring (bicyclic) bond motifs is 5. The molecule has 4 fully saturated rings. The highest BCUT2D eigenvalue weighted by atomic mass is 16.3. The highest BCUT2D eigenvalue weighted by Gasteiger charge is 2.61. The second-order valence-electron chi connectivity index (χ2n) is 10.9. The van der Waals surface area contributed by atoms with E-state index in [1.165, 1.54) is 19.3 Å². The molecule has 0 aliphatic heterocycles. The first kappa shape index (κ1) is 19.5. The molecule has 7 atom stereocenters. The van der Waals surface area contributed by atoms with Crippen LogP contribution in [0.15, 0.2) is 18.0 Å². The number of aryl methyl sites for hydroxylation is 1. The van der Waals surface area contributed by atoms with E-state index in [-0.39, 0.29) is 11.5 Å². The van der Waals surface area contributed by atoms with Gasteiger partial charge in [-0.3, -0.25) is 9.48 Å². The van der Waals surface area contributed by atoms with Crippen molar-refractivity contribution < 1.29 is 9.90 Å². The summed E-state index contributed by atoms with van der Waals surface area (Å²) in [5.74, 6) is 2.95. The minimum atomic E-state index is -0.175. The third-order valence-electron chi connectivity index (χ3n) is 9.60. The summed E-state index contributed by atoms with van der Waals surface area (Å²) in [5.41, 5.74) is 2.28. The first-order chi connectivity index (χ1) is 13.8. The van der Waals surface area contributed by atoms with Crippen LogP contribution in [0, 0.1) is 34.5 Å². The Hall–Kier alpha value is -1.42. The molecular formula is C25H36N2O2. The number of aliphatic hydroxyl groups is 1. The van der Waals surface area contributed by atoms with Crippen LogP contribution in [-0.2, 0) is 11.3 Å². The van der Waals surface area contributed by atoms with Crippen LogP contribution in [0.3, 0.4) is 0 Å². The van der Waals surface area contributed by atoms with Crippen LogP contribution in [0.5, 0.6) is 0 Å². The van der Waals surface area contributed by atoms with Crippen molar-refractivity contribution in [1.29, 1.82) is 0 Å². The molecule has 0 saturated heterocycles. The van der Waals surface area contributed by atoms with Crippen LogP contribution in [0.2, 0.25) is 0 Å². The summed E-state index contributed by atoms with van der Waals surface area (Å²) in [6.07, 6.45) is 14.7. The summed E-state index contributed by atoms with van der Waals surface area (Å²) in [7, 11) is 0. The molecule has 0 spiro atoms. The minimum absolute atomic E-state index is 0.0925. The lowest BCUT2D eigenvalue weighted by Gasteiger charge is -2.59. The zero-order chi connectivity index (χ0) is 20.4. The summed E-state index contributed by atoms with van der Waals surface area (Å²) >= 11 is 0. The minimum Gasteiger partial charge on any atom is -0.393 e.